The molecule has 0 aliphatic carbocycles. The van der Waals surface area contributed by atoms with Crippen LogP contribution in [-0.4, -0.2) is 27.8 Å². The molecule has 0 atom stereocenters. The van der Waals surface area contributed by atoms with Crippen LogP contribution in [0.15, 0.2) is 95.0 Å². The lowest BCUT2D eigenvalue weighted by Gasteiger charge is -2.08. The highest BCUT2D eigenvalue weighted by atomic mass is 35.5. The molecule has 4 aromatic carbocycles. The van der Waals surface area contributed by atoms with Crippen LogP contribution < -0.4 is 0 Å². The Labute approximate surface area is 236 Å². The van der Waals surface area contributed by atoms with Gasteiger partial charge < -0.3 is 9.40 Å². The molecule has 0 saturated heterocycles. The first kappa shape index (κ1) is 26.7. The number of hydrogen-bond donors (Lipinski definition) is 0. The fourth-order valence-electron chi connectivity index (χ4n) is 4.71. The van der Waals surface area contributed by atoms with Crippen molar-refractivity contribution < 1.29 is 14.4 Å². The van der Waals surface area contributed by atoms with Crippen molar-refractivity contribution in [1.82, 2.24) is 4.57 Å². The van der Waals surface area contributed by atoms with Crippen LogP contribution in [0.5, 0.6) is 0 Å². The van der Waals surface area contributed by atoms with Crippen molar-refractivity contribution in [2.24, 2.45) is 5.16 Å². The number of carbonyl (C=O) groups is 2. The van der Waals surface area contributed by atoms with E-state index in [2.05, 4.69) is 28.8 Å². The van der Waals surface area contributed by atoms with Gasteiger partial charge in [0.15, 0.2) is 5.78 Å². The van der Waals surface area contributed by atoms with Crippen molar-refractivity contribution in [3.05, 3.63) is 112 Å². The number of aryl methyl sites for hydroxylation is 2. The summed E-state index contributed by atoms with van der Waals surface area (Å²) in [5, 5.41) is 6.87. The van der Waals surface area contributed by atoms with E-state index in [-0.39, 0.29) is 5.78 Å². The molecular weight excluding hydrogens is 528 g/mol. The highest BCUT2D eigenvalue weighted by Crippen LogP contribution is 2.32. The molecule has 5 nitrogen and oxygen atoms in total. The number of hydrogen-bond acceptors (Lipinski definition) is 5. The first-order valence-electron chi connectivity index (χ1n) is 12.6. The molecule has 1 heterocycles. The molecule has 7 heteroatoms. The fourth-order valence-corrected chi connectivity index (χ4v) is 5.69. The van der Waals surface area contributed by atoms with Gasteiger partial charge in [-0.25, -0.2) is 4.79 Å². The van der Waals surface area contributed by atoms with Gasteiger partial charge in [0.2, 0.25) is 0 Å². The molecule has 0 saturated carbocycles. The van der Waals surface area contributed by atoms with Gasteiger partial charge in [-0.05, 0) is 74.0 Å². The van der Waals surface area contributed by atoms with E-state index in [0.717, 1.165) is 44.4 Å². The van der Waals surface area contributed by atoms with Crippen molar-refractivity contribution in [2.75, 3.05) is 5.75 Å². The van der Waals surface area contributed by atoms with Crippen LogP contribution in [0.4, 0.5) is 0 Å². The summed E-state index contributed by atoms with van der Waals surface area (Å²) in [4.78, 5) is 31.1. The Balaban J connectivity index is 1.59. The van der Waals surface area contributed by atoms with E-state index in [1.807, 2.05) is 79.7 Å². The molecule has 0 bridgehead atoms. The van der Waals surface area contributed by atoms with Crippen LogP contribution in [-0.2, 0) is 16.2 Å². The minimum absolute atomic E-state index is 0.0000253. The van der Waals surface area contributed by atoms with Gasteiger partial charge in [0.25, 0.3) is 0 Å². The van der Waals surface area contributed by atoms with Crippen molar-refractivity contribution >= 4 is 62.6 Å². The maximum Gasteiger partial charge on any atom is 0.331 e. The SMILES string of the molecule is CCn1c2ccc(C(=O)c3ccccc3C)cc2c2cc(C(CSc3ccc(Cl)cc3)=NOC(C)=O)ccc21. The van der Waals surface area contributed by atoms with Crippen LogP contribution in [0.2, 0.25) is 5.02 Å². The van der Waals surface area contributed by atoms with Crippen molar-refractivity contribution in [3.63, 3.8) is 0 Å². The summed E-state index contributed by atoms with van der Waals surface area (Å²) in [6, 6.07) is 27.2. The van der Waals surface area contributed by atoms with E-state index in [0.29, 0.717) is 27.6 Å². The summed E-state index contributed by atoms with van der Waals surface area (Å²) in [6.45, 7) is 6.17. The maximum atomic E-state index is 13.4. The van der Waals surface area contributed by atoms with Gasteiger partial charge in [-0.2, -0.15) is 0 Å². The third-order valence-corrected chi connectivity index (χ3v) is 7.92. The maximum absolute atomic E-state index is 13.4. The van der Waals surface area contributed by atoms with E-state index < -0.39 is 5.97 Å². The smallest absolute Gasteiger partial charge is 0.331 e. The zero-order valence-corrected chi connectivity index (χ0v) is 23.5. The average molecular weight is 555 g/mol. The average Bonchev–Trinajstić information content (AvgIpc) is 3.26. The number of halogens is 1. The van der Waals surface area contributed by atoms with Crippen molar-refractivity contribution in [1.29, 1.82) is 0 Å². The molecular formula is C32H27ClN2O3S. The summed E-state index contributed by atoms with van der Waals surface area (Å²) in [7, 11) is 0. The van der Waals surface area contributed by atoms with Gasteiger partial charge in [0.05, 0.1) is 5.71 Å². The second kappa shape index (κ2) is 11.5. The quantitative estimate of drug-likeness (QED) is 0.0639. The second-order valence-electron chi connectivity index (χ2n) is 9.22. The zero-order chi connectivity index (χ0) is 27.5. The minimum Gasteiger partial charge on any atom is -0.341 e. The number of fused-ring (bicyclic) bond motifs is 3. The molecule has 0 unspecified atom stereocenters. The monoisotopic (exact) mass is 554 g/mol. The lowest BCUT2D eigenvalue weighted by molar-refractivity contribution is -0.140. The third-order valence-electron chi connectivity index (χ3n) is 6.64. The summed E-state index contributed by atoms with van der Waals surface area (Å²) < 4.78 is 2.24. The molecule has 5 aromatic rings. The number of nitrogens with zero attached hydrogens (tertiary/aromatic N) is 2. The van der Waals surface area contributed by atoms with Gasteiger partial charge >= 0.3 is 5.97 Å². The molecule has 0 aliphatic heterocycles. The molecule has 5 rings (SSSR count). The predicted octanol–water partition coefficient (Wildman–Crippen LogP) is 8.07. The first-order chi connectivity index (χ1) is 18.9. The van der Waals surface area contributed by atoms with Crippen LogP contribution in [0.3, 0.4) is 0 Å². The minimum atomic E-state index is -0.480. The Morgan fingerprint density at radius 2 is 1.54 bits per heavy atom. The van der Waals surface area contributed by atoms with Gasteiger partial charge in [0, 0.05) is 67.6 Å². The number of benzene rings is 4. The summed E-state index contributed by atoms with van der Waals surface area (Å²) in [5.41, 5.74) is 5.89. The summed E-state index contributed by atoms with van der Waals surface area (Å²) in [6.07, 6.45) is 0. The zero-order valence-electron chi connectivity index (χ0n) is 21.9. The Bertz CT molecular complexity index is 1740. The van der Waals surface area contributed by atoms with E-state index in [4.69, 9.17) is 16.4 Å². The van der Waals surface area contributed by atoms with Gasteiger partial charge in [-0.15, -0.1) is 11.8 Å². The highest BCUT2D eigenvalue weighted by Gasteiger charge is 2.17. The molecule has 0 N–H and O–H groups in total. The Hall–Kier alpha value is -3.87. The standard InChI is InChI=1S/C32H27ClN2O3S/c1-4-35-30-15-9-22(29(34-38-21(3)36)19-39-25-13-11-24(33)12-14-25)17-27(30)28-18-23(10-16-31(28)35)32(37)26-8-6-5-7-20(26)2/h5-18H,4,19H2,1-3H3. The molecule has 0 aliphatic rings. The predicted molar refractivity (Wildman–Crippen MR) is 160 cm³/mol. The van der Waals surface area contributed by atoms with Crippen molar-refractivity contribution in [2.45, 2.75) is 32.2 Å². The lowest BCUT2D eigenvalue weighted by atomic mass is 9.97. The first-order valence-corrected chi connectivity index (χ1v) is 14.0. The number of rotatable bonds is 8. The van der Waals surface area contributed by atoms with Crippen molar-refractivity contribution in [3.8, 4) is 0 Å². The molecule has 1 aromatic heterocycles. The molecule has 0 spiro atoms. The number of oxime groups is 1. The largest absolute Gasteiger partial charge is 0.341 e. The number of ketones is 1. The van der Waals surface area contributed by atoms with Crippen LogP contribution >= 0.6 is 23.4 Å². The molecule has 0 amide bonds. The summed E-state index contributed by atoms with van der Waals surface area (Å²) >= 11 is 7.61. The number of aromatic nitrogens is 1. The normalized spacial score (nSPS) is 11.7. The third kappa shape index (κ3) is 5.63. The Kier molecular flexibility index (Phi) is 7.87. The highest BCUT2D eigenvalue weighted by molar-refractivity contribution is 8.00. The molecule has 0 fully saturated rings. The molecule has 0 radical (unpaired) electrons. The van der Waals surface area contributed by atoms with E-state index in [9.17, 15) is 9.59 Å². The Morgan fingerprint density at radius 1 is 0.897 bits per heavy atom. The van der Waals surface area contributed by atoms with Crippen LogP contribution in [0, 0.1) is 6.92 Å². The van der Waals surface area contributed by atoms with Gasteiger partial charge in [-0.1, -0.05) is 47.1 Å². The number of carbonyl (C=O) groups excluding carboxylic acids is 2. The van der Waals surface area contributed by atoms with E-state index in [1.54, 1.807) is 11.8 Å². The fraction of sp³-hybridized carbons (Fsp3) is 0.156. The number of thioether (sulfide) groups is 1. The second-order valence-corrected chi connectivity index (χ2v) is 10.7. The van der Waals surface area contributed by atoms with Crippen LogP contribution in [0.25, 0.3) is 21.8 Å². The topological polar surface area (TPSA) is 60.7 Å². The van der Waals surface area contributed by atoms with Crippen LogP contribution in [0.1, 0.15) is 40.9 Å². The van der Waals surface area contributed by atoms with Gasteiger partial charge in [0.1, 0.15) is 0 Å². The van der Waals surface area contributed by atoms with E-state index in [1.165, 1.54) is 6.92 Å². The van der Waals surface area contributed by atoms with Gasteiger partial charge in [-0.3, -0.25) is 4.79 Å². The Morgan fingerprint density at radius 3 is 2.18 bits per heavy atom. The lowest BCUT2D eigenvalue weighted by Crippen LogP contribution is -2.07. The molecule has 39 heavy (non-hydrogen) atoms. The molecule has 196 valence electrons. The van der Waals surface area contributed by atoms with E-state index >= 15 is 0 Å². The summed E-state index contributed by atoms with van der Waals surface area (Å²) in [5.74, 6) is 0.0103.